The van der Waals surface area contributed by atoms with Crippen LogP contribution in [0.1, 0.15) is 33.6 Å². The van der Waals surface area contributed by atoms with Crippen molar-refractivity contribution in [2.75, 3.05) is 71.7 Å². The predicted molar refractivity (Wildman–Crippen MR) is 149 cm³/mol. The summed E-state index contributed by atoms with van der Waals surface area (Å²) in [6.07, 6.45) is 0.804. The number of nitrogens with one attached hydrogen (secondary N) is 2. The fourth-order valence-corrected chi connectivity index (χ4v) is 4.86. The second kappa shape index (κ2) is 15.8. The van der Waals surface area contributed by atoms with Gasteiger partial charge in [0.15, 0.2) is 0 Å². The summed E-state index contributed by atoms with van der Waals surface area (Å²) in [5.74, 6) is 0. The van der Waals surface area contributed by atoms with Crippen LogP contribution in [0, 0.1) is 0 Å². The van der Waals surface area contributed by atoms with E-state index in [9.17, 15) is 13.2 Å². The van der Waals surface area contributed by atoms with Gasteiger partial charge in [-0.15, -0.1) is 0 Å². The Balaban J connectivity index is 1.52. The lowest BCUT2D eigenvalue weighted by molar-refractivity contribution is 0.0137. The number of nitrogens with zero attached hydrogens (tertiary/aromatic N) is 1. The van der Waals surface area contributed by atoms with Crippen molar-refractivity contribution in [3.63, 3.8) is 0 Å². The fourth-order valence-electron chi connectivity index (χ4n) is 3.57. The van der Waals surface area contributed by atoms with Gasteiger partial charge in [0.1, 0.15) is 5.60 Å². The van der Waals surface area contributed by atoms with E-state index >= 15 is 0 Å². The maximum absolute atomic E-state index is 12.9. The molecule has 0 spiro atoms. The number of alkyl carbamates (subject to hydrolysis) is 1. The minimum atomic E-state index is -3.65. The SMILES string of the molecule is CN(C)c1cccc2c(S(=O)(=O)NCCCOCCOCCOCCCNC(=O)OC(C)(C)C)cccc12. The average Bonchev–Trinajstić information content (AvgIpc) is 2.84. The van der Waals surface area contributed by atoms with Crippen molar-refractivity contribution < 1.29 is 32.2 Å². The second-order valence-electron chi connectivity index (χ2n) is 9.89. The van der Waals surface area contributed by atoms with E-state index < -0.39 is 21.7 Å². The Morgan fingerprint density at radius 3 is 1.97 bits per heavy atom. The highest BCUT2D eigenvalue weighted by atomic mass is 32.2. The summed E-state index contributed by atoms with van der Waals surface area (Å²) in [6.45, 7) is 8.92. The van der Waals surface area contributed by atoms with Crippen LogP contribution in [0.3, 0.4) is 0 Å². The first-order valence-electron chi connectivity index (χ1n) is 12.9. The Labute approximate surface area is 227 Å². The quantitative estimate of drug-likeness (QED) is 0.286. The van der Waals surface area contributed by atoms with Crippen LogP contribution in [0.4, 0.5) is 10.5 Å². The molecule has 0 saturated heterocycles. The van der Waals surface area contributed by atoms with Gasteiger partial charge in [-0.3, -0.25) is 0 Å². The standard InChI is InChI=1S/C27H43N3O7S/c1-27(2,3)37-26(31)28-14-8-16-34-18-20-36-21-19-35-17-9-15-29-38(32,33)25-13-7-10-22-23(25)11-6-12-24(22)30(4)5/h6-7,10-13,29H,8-9,14-21H2,1-5H3,(H,28,31). The third-order valence-corrected chi connectivity index (χ3v) is 6.78. The van der Waals surface area contributed by atoms with E-state index in [1.807, 2.05) is 64.0 Å². The third kappa shape index (κ3) is 11.5. The molecule has 214 valence electrons. The Kier molecular flexibility index (Phi) is 13.3. The second-order valence-corrected chi connectivity index (χ2v) is 11.6. The van der Waals surface area contributed by atoms with Crippen LogP contribution < -0.4 is 14.9 Å². The van der Waals surface area contributed by atoms with Crippen molar-refractivity contribution in [3.05, 3.63) is 36.4 Å². The monoisotopic (exact) mass is 553 g/mol. The van der Waals surface area contributed by atoms with Gasteiger partial charge in [0.05, 0.1) is 31.3 Å². The van der Waals surface area contributed by atoms with Crippen LogP contribution >= 0.6 is 0 Å². The van der Waals surface area contributed by atoms with Crippen molar-refractivity contribution in [1.29, 1.82) is 0 Å². The Morgan fingerprint density at radius 1 is 0.816 bits per heavy atom. The first-order chi connectivity index (χ1) is 18.0. The number of anilines is 1. The molecule has 2 N–H and O–H groups in total. The minimum absolute atomic E-state index is 0.273. The van der Waals surface area contributed by atoms with Crippen LogP contribution in [0.15, 0.2) is 41.3 Å². The van der Waals surface area contributed by atoms with E-state index in [-0.39, 0.29) is 11.4 Å². The number of ether oxygens (including phenoxy) is 4. The summed E-state index contributed by atoms with van der Waals surface area (Å²) in [5, 5.41) is 4.27. The van der Waals surface area contributed by atoms with E-state index in [1.54, 1.807) is 12.1 Å². The van der Waals surface area contributed by atoms with Gasteiger partial charge in [-0.2, -0.15) is 0 Å². The third-order valence-electron chi connectivity index (χ3n) is 5.27. The normalized spacial score (nSPS) is 12.0. The van der Waals surface area contributed by atoms with E-state index in [1.165, 1.54) is 0 Å². The number of fused-ring (bicyclic) bond motifs is 1. The largest absolute Gasteiger partial charge is 0.444 e. The molecule has 0 fully saturated rings. The summed E-state index contributed by atoms with van der Waals surface area (Å²) >= 11 is 0. The molecule has 11 heteroatoms. The van der Waals surface area contributed by atoms with Gasteiger partial charge >= 0.3 is 6.09 Å². The minimum Gasteiger partial charge on any atom is -0.444 e. The van der Waals surface area contributed by atoms with E-state index in [4.69, 9.17) is 18.9 Å². The first-order valence-corrected chi connectivity index (χ1v) is 14.4. The van der Waals surface area contributed by atoms with Gasteiger partial charge in [-0.25, -0.2) is 17.9 Å². The number of carbonyl (C=O) groups excluding carboxylic acids is 1. The molecule has 0 aliphatic heterocycles. The molecule has 0 aromatic heterocycles. The number of hydrogen-bond acceptors (Lipinski definition) is 8. The summed E-state index contributed by atoms with van der Waals surface area (Å²) < 4.78 is 50.1. The highest BCUT2D eigenvalue weighted by Crippen LogP contribution is 2.30. The smallest absolute Gasteiger partial charge is 0.407 e. The van der Waals surface area contributed by atoms with Crippen LogP contribution in [-0.4, -0.2) is 86.9 Å². The lowest BCUT2D eigenvalue weighted by atomic mass is 10.1. The van der Waals surface area contributed by atoms with Crippen LogP contribution in [0.2, 0.25) is 0 Å². The lowest BCUT2D eigenvalue weighted by Crippen LogP contribution is -2.33. The van der Waals surface area contributed by atoms with Crippen molar-refractivity contribution in [3.8, 4) is 0 Å². The lowest BCUT2D eigenvalue weighted by Gasteiger charge is -2.19. The zero-order chi connectivity index (χ0) is 28.0. The highest BCUT2D eigenvalue weighted by Gasteiger charge is 2.18. The highest BCUT2D eigenvalue weighted by molar-refractivity contribution is 7.89. The number of carbonyl (C=O) groups is 1. The summed E-state index contributed by atoms with van der Waals surface area (Å²) in [4.78, 5) is 13.8. The summed E-state index contributed by atoms with van der Waals surface area (Å²) in [6, 6.07) is 11.0. The maximum atomic E-state index is 12.9. The molecule has 1 amide bonds. The molecule has 0 aliphatic rings. The maximum Gasteiger partial charge on any atom is 0.407 e. The zero-order valence-corrected chi connectivity index (χ0v) is 24.1. The number of rotatable bonds is 17. The molecule has 0 unspecified atom stereocenters. The molecule has 0 bridgehead atoms. The summed E-state index contributed by atoms with van der Waals surface area (Å²) in [5.41, 5.74) is 0.461. The molecule has 0 aliphatic carbocycles. The van der Waals surface area contributed by atoms with Crippen molar-refractivity contribution in [2.24, 2.45) is 0 Å². The average molecular weight is 554 g/mol. The van der Waals surface area contributed by atoms with E-state index in [0.717, 1.165) is 11.1 Å². The van der Waals surface area contributed by atoms with Gasteiger partial charge in [0.2, 0.25) is 10.0 Å². The number of hydrogen-bond donors (Lipinski definition) is 2. The number of sulfonamides is 1. The van der Waals surface area contributed by atoms with Gasteiger partial charge < -0.3 is 29.2 Å². The van der Waals surface area contributed by atoms with Crippen LogP contribution in [-0.2, 0) is 29.0 Å². The summed E-state index contributed by atoms with van der Waals surface area (Å²) in [7, 11) is 0.222. The molecular formula is C27H43N3O7S. The molecule has 10 nitrogen and oxygen atoms in total. The van der Waals surface area contributed by atoms with Crippen molar-refractivity contribution in [2.45, 2.75) is 44.1 Å². The molecule has 0 saturated carbocycles. The Morgan fingerprint density at radius 2 is 1.37 bits per heavy atom. The molecule has 0 radical (unpaired) electrons. The Bertz CT molecular complexity index is 1100. The molecule has 0 atom stereocenters. The van der Waals surface area contributed by atoms with Crippen LogP contribution in [0.5, 0.6) is 0 Å². The molecule has 2 rings (SSSR count). The van der Waals surface area contributed by atoms with E-state index in [2.05, 4.69) is 10.0 Å². The van der Waals surface area contributed by atoms with Crippen molar-refractivity contribution in [1.82, 2.24) is 10.0 Å². The topological polar surface area (TPSA) is 115 Å². The molecule has 2 aromatic rings. The van der Waals surface area contributed by atoms with E-state index in [0.29, 0.717) is 64.4 Å². The van der Waals surface area contributed by atoms with Gasteiger partial charge in [-0.1, -0.05) is 24.3 Å². The number of amides is 1. The van der Waals surface area contributed by atoms with Gasteiger partial charge in [-0.05, 0) is 45.7 Å². The molecule has 38 heavy (non-hydrogen) atoms. The Hall–Kier alpha value is -2.44. The van der Waals surface area contributed by atoms with Crippen molar-refractivity contribution >= 4 is 32.6 Å². The number of benzene rings is 2. The predicted octanol–water partition coefficient (Wildman–Crippen LogP) is 3.54. The molecular weight excluding hydrogens is 510 g/mol. The first kappa shape index (κ1) is 31.8. The molecule has 0 heterocycles. The van der Waals surface area contributed by atoms with Gasteiger partial charge in [0.25, 0.3) is 0 Å². The zero-order valence-electron chi connectivity index (χ0n) is 23.2. The fraction of sp³-hybridized carbons (Fsp3) is 0.593. The van der Waals surface area contributed by atoms with Gasteiger partial charge in [0, 0.05) is 56.9 Å². The molecule has 2 aromatic carbocycles. The van der Waals surface area contributed by atoms with Crippen LogP contribution in [0.25, 0.3) is 10.8 Å².